The highest BCUT2D eigenvalue weighted by atomic mass is 15.1. The van der Waals surface area contributed by atoms with Crippen LogP contribution in [-0.2, 0) is 0 Å². The molecule has 1 fully saturated rings. The van der Waals surface area contributed by atoms with Crippen molar-refractivity contribution in [3.63, 3.8) is 0 Å². The van der Waals surface area contributed by atoms with Gasteiger partial charge >= 0.3 is 0 Å². The second kappa shape index (κ2) is 5.66. The molecule has 0 aromatic rings. The molecule has 1 N–H and O–H groups in total. The van der Waals surface area contributed by atoms with E-state index in [2.05, 4.69) is 29.4 Å². The molecule has 0 aromatic carbocycles. The minimum absolute atomic E-state index is 0.784. The van der Waals surface area contributed by atoms with E-state index in [0.29, 0.717) is 0 Å². The van der Waals surface area contributed by atoms with E-state index >= 15 is 0 Å². The Balaban J connectivity index is 1.63. The van der Waals surface area contributed by atoms with Gasteiger partial charge in [0.15, 0.2) is 0 Å². The maximum atomic E-state index is 3.75. The SMILES string of the molecule is CN1CCC(NC[C@H]2CC=CCC2)CC1. The Morgan fingerprint density at radius 3 is 2.67 bits per heavy atom. The molecule has 86 valence electrons. The number of allylic oxidation sites excluding steroid dienone is 2. The first-order valence-corrected chi connectivity index (χ1v) is 6.41. The van der Waals surface area contributed by atoms with Crippen LogP contribution >= 0.6 is 0 Å². The predicted molar refractivity (Wildman–Crippen MR) is 65.0 cm³/mol. The number of nitrogens with one attached hydrogen (secondary N) is 1. The van der Waals surface area contributed by atoms with Crippen molar-refractivity contribution in [3.05, 3.63) is 12.2 Å². The number of hydrogen-bond acceptors (Lipinski definition) is 2. The molecular weight excluding hydrogens is 184 g/mol. The number of piperidine rings is 1. The second-order valence-electron chi connectivity index (χ2n) is 5.14. The zero-order valence-corrected chi connectivity index (χ0v) is 9.91. The van der Waals surface area contributed by atoms with Crippen LogP contribution in [0.2, 0.25) is 0 Å². The van der Waals surface area contributed by atoms with Gasteiger partial charge in [-0.2, -0.15) is 0 Å². The van der Waals surface area contributed by atoms with E-state index in [-0.39, 0.29) is 0 Å². The molecule has 0 unspecified atom stereocenters. The molecule has 0 spiro atoms. The van der Waals surface area contributed by atoms with Crippen LogP contribution < -0.4 is 5.32 Å². The third kappa shape index (κ3) is 3.62. The predicted octanol–water partition coefficient (Wildman–Crippen LogP) is 2.03. The Bertz CT molecular complexity index is 205. The topological polar surface area (TPSA) is 15.3 Å². The summed E-state index contributed by atoms with van der Waals surface area (Å²) in [6.45, 7) is 3.77. The van der Waals surface area contributed by atoms with Gasteiger partial charge in [0, 0.05) is 6.04 Å². The van der Waals surface area contributed by atoms with Gasteiger partial charge in [0.2, 0.25) is 0 Å². The van der Waals surface area contributed by atoms with Gasteiger partial charge in [-0.1, -0.05) is 12.2 Å². The number of rotatable bonds is 3. The second-order valence-corrected chi connectivity index (χ2v) is 5.14. The van der Waals surface area contributed by atoms with E-state index in [1.54, 1.807) is 0 Å². The molecule has 1 aliphatic heterocycles. The van der Waals surface area contributed by atoms with E-state index < -0.39 is 0 Å². The lowest BCUT2D eigenvalue weighted by atomic mass is 9.93. The molecule has 15 heavy (non-hydrogen) atoms. The van der Waals surface area contributed by atoms with E-state index in [9.17, 15) is 0 Å². The lowest BCUT2D eigenvalue weighted by Crippen LogP contribution is -2.42. The van der Waals surface area contributed by atoms with Crippen molar-refractivity contribution < 1.29 is 0 Å². The molecule has 0 amide bonds. The van der Waals surface area contributed by atoms with Crippen molar-refractivity contribution in [1.29, 1.82) is 0 Å². The average molecular weight is 208 g/mol. The highest BCUT2D eigenvalue weighted by Crippen LogP contribution is 2.18. The minimum Gasteiger partial charge on any atom is -0.314 e. The summed E-state index contributed by atoms with van der Waals surface area (Å²) in [5.41, 5.74) is 0. The van der Waals surface area contributed by atoms with Crippen molar-refractivity contribution >= 4 is 0 Å². The van der Waals surface area contributed by atoms with E-state index in [1.165, 1.54) is 51.7 Å². The highest BCUT2D eigenvalue weighted by molar-refractivity contribution is 4.91. The smallest absolute Gasteiger partial charge is 0.00915 e. The first kappa shape index (κ1) is 11.2. The Hall–Kier alpha value is -0.340. The maximum absolute atomic E-state index is 3.75. The summed E-state index contributed by atoms with van der Waals surface area (Å²) in [7, 11) is 2.22. The lowest BCUT2D eigenvalue weighted by Gasteiger charge is -2.31. The van der Waals surface area contributed by atoms with Gasteiger partial charge in [-0.05, 0) is 64.7 Å². The Kier molecular flexibility index (Phi) is 4.21. The summed E-state index contributed by atoms with van der Waals surface area (Å²) >= 11 is 0. The van der Waals surface area contributed by atoms with Crippen molar-refractivity contribution in [2.75, 3.05) is 26.7 Å². The highest BCUT2D eigenvalue weighted by Gasteiger charge is 2.17. The van der Waals surface area contributed by atoms with Crippen molar-refractivity contribution in [2.24, 2.45) is 5.92 Å². The first-order chi connectivity index (χ1) is 7.34. The van der Waals surface area contributed by atoms with Crippen LogP contribution in [0.5, 0.6) is 0 Å². The van der Waals surface area contributed by atoms with Crippen molar-refractivity contribution in [1.82, 2.24) is 10.2 Å². The van der Waals surface area contributed by atoms with E-state index in [0.717, 1.165) is 12.0 Å². The fraction of sp³-hybridized carbons (Fsp3) is 0.846. The molecule has 2 rings (SSSR count). The van der Waals surface area contributed by atoms with Gasteiger partial charge in [0.1, 0.15) is 0 Å². The molecule has 1 heterocycles. The fourth-order valence-electron chi connectivity index (χ4n) is 2.59. The molecule has 1 atom stereocenters. The Morgan fingerprint density at radius 2 is 2.00 bits per heavy atom. The Morgan fingerprint density at radius 1 is 1.20 bits per heavy atom. The number of likely N-dealkylation sites (tertiary alicyclic amines) is 1. The van der Waals surface area contributed by atoms with E-state index in [4.69, 9.17) is 0 Å². The van der Waals surface area contributed by atoms with E-state index in [1.807, 2.05) is 0 Å². The van der Waals surface area contributed by atoms with Crippen LogP contribution in [-0.4, -0.2) is 37.6 Å². The quantitative estimate of drug-likeness (QED) is 0.714. The van der Waals surface area contributed by atoms with Crippen LogP contribution in [0.4, 0.5) is 0 Å². The summed E-state index contributed by atoms with van der Waals surface area (Å²) in [6.07, 6.45) is 11.3. The normalized spacial score (nSPS) is 29.5. The summed E-state index contributed by atoms with van der Waals surface area (Å²) in [4.78, 5) is 2.43. The van der Waals surface area contributed by atoms with Gasteiger partial charge in [-0.3, -0.25) is 0 Å². The molecule has 0 aromatic heterocycles. The summed E-state index contributed by atoms with van der Waals surface area (Å²) in [5.74, 6) is 0.898. The van der Waals surface area contributed by atoms with Crippen molar-refractivity contribution in [3.8, 4) is 0 Å². The molecule has 0 bridgehead atoms. The Labute approximate surface area is 93.7 Å². The van der Waals surface area contributed by atoms with Crippen molar-refractivity contribution in [2.45, 2.75) is 38.1 Å². The minimum atomic E-state index is 0.784. The maximum Gasteiger partial charge on any atom is 0.00915 e. The van der Waals surface area contributed by atoms with Crippen LogP contribution in [0, 0.1) is 5.92 Å². The van der Waals surface area contributed by atoms with Crippen LogP contribution in [0.15, 0.2) is 12.2 Å². The largest absolute Gasteiger partial charge is 0.314 e. The molecule has 0 saturated carbocycles. The zero-order valence-electron chi connectivity index (χ0n) is 9.91. The molecule has 2 aliphatic rings. The van der Waals surface area contributed by atoms with Crippen LogP contribution in [0.1, 0.15) is 32.1 Å². The fourth-order valence-corrected chi connectivity index (χ4v) is 2.59. The van der Waals surface area contributed by atoms with Gasteiger partial charge in [-0.15, -0.1) is 0 Å². The monoisotopic (exact) mass is 208 g/mol. The van der Waals surface area contributed by atoms with Crippen LogP contribution in [0.25, 0.3) is 0 Å². The van der Waals surface area contributed by atoms with Crippen LogP contribution in [0.3, 0.4) is 0 Å². The summed E-state index contributed by atoms with van der Waals surface area (Å²) in [6, 6.07) is 0.784. The number of nitrogens with zero attached hydrogens (tertiary/aromatic N) is 1. The number of hydrogen-bond donors (Lipinski definition) is 1. The summed E-state index contributed by atoms with van der Waals surface area (Å²) < 4.78 is 0. The summed E-state index contributed by atoms with van der Waals surface area (Å²) in [5, 5.41) is 3.75. The standard InChI is InChI=1S/C13H24N2/c1-15-9-7-13(8-10-15)14-11-12-5-3-2-4-6-12/h2-3,12-14H,4-11H2,1H3/t12-/m0/s1. The molecule has 1 aliphatic carbocycles. The van der Waals surface area contributed by atoms with Gasteiger partial charge in [0.25, 0.3) is 0 Å². The molecule has 0 radical (unpaired) electrons. The van der Waals surface area contributed by atoms with Gasteiger partial charge < -0.3 is 10.2 Å². The lowest BCUT2D eigenvalue weighted by molar-refractivity contribution is 0.228. The first-order valence-electron chi connectivity index (χ1n) is 6.41. The molecule has 1 saturated heterocycles. The third-order valence-electron chi connectivity index (χ3n) is 3.79. The third-order valence-corrected chi connectivity index (χ3v) is 3.79. The average Bonchev–Trinajstić information content (AvgIpc) is 2.30. The molecular formula is C13H24N2. The molecule has 2 nitrogen and oxygen atoms in total. The molecule has 2 heteroatoms. The van der Waals surface area contributed by atoms with Gasteiger partial charge in [-0.25, -0.2) is 0 Å². The van der Waals surface area contributed by atoms with Gasteiger partial charge in [0.05, 0.1) is 0 Å². The zero-order chi connectivity index (χ0) is 10.5.